The van der Waals surface area contributed by atoms with E-state index in [0.717, 1.165) is 12.8 Å². The van der Waals surface area contributed by atoms with Crippen molar-refractivity contribution in [1.29, 1.82) is 10.5 Å². The zero-order chi connectivity index (χ0) is 8.81. The van der Waals surface area contributed by atoms with Crippen LogP contribution in [0.1, 0.15) is 25.7 Å². The fourth-order valence-electron chi connectivity index (χ4n) is 1.46. The summed E-state index contributed by atoms with van der Waals surface area (Å²) in [5.41, 5.74) is 0.260. The van der Waals surface area contributed by atoms with Crippen molar-refractivity contribution < 1.29 is 0 Å². The standard InChI is InChI=1S/C10H11N2/c11-7-10(8-12)6-9-4-2-1-3-5-9/h2,6,9H,1,3-5H2/q+1. The predicted molar refractivity (Wildman–Crippen MR) is 45.6 cm³/mol. The van der Waals surface area contributed by atoms with Gasteiger partial charge in [0.25, 0.3) is 0 Å². The van der Waals surface area contributed by atoms with Gasteiger partial charge in [0, 0.05) is 5.92 Å². The van der Waals surface area contributed by atoms with Crippen LogP contribution in [-0.4, -0.2) is 0 Å². The van der Waals surface area contributed by atoms with Crippen LogP contribution in [0.2, 0.25) is 0 Å². The summed E-state index contributed by atoms with van der Waals surface area (Å²) < 4.78 is 0. The van der Waals surface area contributed by atoms with E-state index in [1.807, 2.05) is 12.1 Å². The van der Waals surface area contributed by atoms with Gasteiger partial charge in [-0.1, -0.05) is 0 Å². The Balaban J connectivity index is 2.54. The van der Waals surface area contributed by atoms with Crippen molar-refractivity contribution >= 4 is 0 Å². The number of hydrogen-bond acceptors (Lipinski definition) is 2. The Bertz CT molecular complexity index is 230. The lowest BCUT2D eigenvalue weighted by Gasteiger charge is -2.10. The molecule has 2 heteroatoms. The van der Waals surface area contributed by atoms with Crippen molar-refractivity contribution in [3.05, 3.63) is 18.1 Å². The highest BCUT2D eigenvalue weighted by Gasteiger charge is 2.17. The molecule has 12 heavy (non-hydrogen) atoms. The summed E-state index contributed by atoms with van der Waals surface area (Å²) in [4.78, 5) is 0. The van der Waals surface area contributed by atoms with Crippen molar-refractivity contribution in [2.45, 2.75) is 25.7 Å². The fraction of sp³-hybridized carbons (Fsp3) is 0.500. The first-order chi connectivity index (χ1) is 5.86. The van der Waals surface area contributed by atoms with E-state index < -0.39 is 0 Å². The Hall–Kier alpha value is -1.41. The first-order valence-corrected chi connectivity index (χ1v) is 4.20. The molecule has 1 unspecified atom stereocenters. The summed E-state index contributed by atoms with van der Waals surface area (Å²) >= 11 is 0. The average molecular weight is 159 g/mol. The van der Waals surface area contributed by atoms with Crippen LogP contribution in [0.25, 0.3) is 0 Å². The van der Waals surface area contributed by atoms with Gasteiger partial charge in [0.05, 0.1) is 19.3 Å². The quantitative estimate of drug-likeness (QED) is 0.435. The van der Waals surface area contributed by atoms with E-state index >= 15 is 0 Å². The Labute approximate surface area is 73.1 Å². The van der Waals surface area contributed by atoms with E-state index in [9.17, 15) is 0 Å². The minimum absolute atomic E-state index is 0.260. The highest BCUT2D eigenvalue weighted by atomic mass is 14.3. The number of nitriles is 2. The number of nitrogens with zero attached hydrogens (tertiary/aromatic N) is 2. The van der Waals surface area contributed by atoms with E-state index in [4.69, 9.17) is 10.5 Å². The molecular weight excluding hydrogens is 148 g/mol. The monoisotopic (exact) mass is 159 g/mol. The lowest BCUT2D eigenvalue weighted by Crippen LogP contribution is -2.03. The smallest absolute Gasteiger partial charge is 0.126 e. The van der Waals surface area contributed by atoms with Crippen LogP contribution in [0.4, 0.5) is 0 Å². The van der Waals surface area contributed by atoms with Gasteiger partial charge < -0.3 is 0 Å². The van der Waals surface area contributed by atoms with Gasteiger partial charge in [-0.15, -0.1) is 0 Å². The molecule has 0 heterocycles. The molecule has 60 valence electrons. The van der Waals surface area contributed by atoms with Gasteiger partial charge in [0.15, 0.2) is 0 Å². The second-order valence-electron chi connectivity index (χ2n) is 3.02. The SMILES string of the molecule is N#CC(C#N)=CC1C[CH+]CCC1. The second-order valence-corrected chi connectivity index (χ2v) is 3.02. The number of hydrogen-bond donors (Lipinski definition) is 0. The van der Waals surface area contributed by atoms with Gasteiger partial charge in [0.2, 0.25) is 0 Å². The molecule has 1 saturated carbocycles. The molecule has 0 aliphatic heterocycles. The maximum atomic E-state index is 8.51. The van der Waals surface area contributed by atoms with Gasteiger partial charge in [-0.3, -0.25) is 0 Å². The summed E-state index contributed by atoms with van der Waals surface area (Å²) in [7, 11) is 0. The molecule has 1 atom stereocenters. The first-order valence-electron chi connectivity index (χ1n) is 4.20. The summed E-state index contributed by atoms with van der Waals surface area (Å²) in [5, 5.41) is 17.0. The third-order valence-corrected chi connectivity index (χ3v) is 2.10. The van der Waals surface area contributed by atoms with Gasteiger partial charge in [-0.25, -0.2) is 0 Å². The van der Waals surface area contributed by atoms with E-state index in [1.54, 1.807) is 6.08 Å². The van der Waals surface area contributed by atoms with Crippen LogP contribution in [0.3, 0.4) is 0 Å². The number of allylic oxidation sites excluding steroid dienone is 2. The molecule has 1 rings (SSSR count). The maximum absolute atomic E-state index is 8.51. The van der Waals surface area contributed by atoms with Crippen molar-refractivity contribution in [2.75, 3.05) is 0 Å². The molecule has 0 saturated heterocycles. The first kappa shape index (κ1) is 8.68. The Morgan fingerprint density at radius 2 is 2.17 bits per heavy atom. The highest BCUT2D eigenvalue weighted by Crippen LogP contribution is 2.24. The normalized spacial score (nSPS) is 21.3. The van der Waals surface area contributed by atoms with Gasteiger partial charge >= 0.3 is 0 Å². The molecule has 0 N–H and O–H groups in total. The number of rotatable bonds is 1. The van der Waals surface area contributed by atoms with Crippen molar-refractivity contribution in [2.24, 2.45) is 5.92 Å². The molecule has 0 aromatic heterocycles. The van der Waals surface area contributed by atoms with E-state index in [0.29, 0.717) is 5.92 Å². The maximum Gasteiger partial charge on any atom is 0.126 e. The van der Waals surface area contributed by atoms with Gasteiger partial charge in [0.1, 0.15) is 17.7 Å². The zero-order valence-electron chi connectivity index (χ0n) is 6.95. The molecule has 0 radical (unpaired) electrons. The minimum atomic E-state index is 0.260. The third kappa shape index (κ3) is 2.32. The summed E-state index contributed by atoms with van der Waals surface area (Å²) in [6.07, 6.45) is 8.53. The van der Waals surface area contributed by atoms with E-state index in [1.165, 1.54) is 12.8 Å². The fourth-order valence-corrected chi connectivity index (χ4v) is 1.46. The molecule has 0 amide bonds. The summed E-state index contributed by atoms with van der Waals surface area (Å²) in [5.74, 6) is 0.424. The Morgan fingerprint density at radius 3 is 2.67 bits per heavy atom. The molecule has 0 aromatic carbocycles. The van der Waals surface area contributed by atoms with Crippen LogP contribution in [0, 0.1) is 35.0 Å². The molecule has 1 fully saturated rings. The molecule has 0 spiro atoms. The molecule has 1 aliphatic rings. The molecule has 2 nitrogen and oxygen atoms in total. The van der Waals surface area contributed by atoms with Crippen LogP contribution in [-0.2, 0) is 0 Å². The molecule has 0 aromatic rings. The average Bonchev–Trinajstić information content (AvgIpc) is 2.16. The summed E-state index contributed by atoms with van der Waals surface area (Å²) in [6, 6.07) is 3.77. The van der Waals surface area contributed by atoms with Crippen molar-refractivity contribution in [3.63, 3.8) is 0 Å². The van der Waals surface area contributed by atoms with Gasteiger partial charge in [-0.2, -0.15) is 10.5 Å². The molecule has 1 aliphatic carbocycles. The van der Waals surface area contributed by atoms with Crippen LogP contribution < -0.4 is 0 Å². The van der Waals surface area contributed by atoms with Crippen molar-refractivity contribution in [3.8, 4) is 12.1 Å². The van der Waals surface area contributed by atoms with Crippen LogP contribution in [0.15, 0.2) is 11.6 Å². The highest BCUT2D eigenvalue weighted by molar-refractivity contribution is 5.35. The van der Waals surface area contributed by atoms with Crippen LogP contribution in [0.5, 0.6) is 0 Å². The molecule has 0 bridgehead atoms. The predicted octanol–water partition coefficient (Wildman–Crippen LogP) is 2.35. The lowest BCUT2D eigenvalue weighted by molar-refractivity contribution is 0.489. The minimum Gasteiger partial charge on any atom is -0.192 e. The van der Waals surface area contributed by atoms with Crippen LogP contribution >= 0.6 is 0 Å². The van der Waals surface area contributed by atoms with Crippen molar-refractivity contribution in [1.82, 2.24) is 0 Å². The Morgan fingerprint density at radius 1 is 1.42 bits per heavy atom. The Kier molecular flexibility index (Phi) is 3.23. The topological polar surface area (TPSA) is 47.6 Å². The lowest BCUT2D eigenvalue weighted by atomic mass is 9.88. The third-order valence-electron chi connectivity index (χ3n) is 2.10. The second kappa shape index (κ2) is 4.46. The van der Waals surface area contributed by atoms with E-state index in [2.05, 4.69) is 6.42 Å². The largest absolute Gasteiger partial charge is 0.192 e. The van der Waals surface area contributed by atoms with Gasteiger partial charge in [-0.05, 0) is 18.9 Å². The van der Waals surface area contributed by atoms with E-state index in [-0.39, 0.29) is 5.57 Å². The zero-order valence-corrected chi connectivity index (χ0v) is 6.95. The molecular formula is C10H11N2+. The summed E-state index contributed by atoms with van der Waals surface area (Å²) in [6.45, 7) is 0.